The molecule has 0 saturated carbocycles. The minimum absolute atomic E-state index is 0.560. The van der Waals surface area contributed by atoms with E-state index in [1.165, 1.54) is 24.6 Å². The van der Waals surface area contributed by atoms with Gasteiger partial charge in [-0.3, -0.25) is 0 Å². The third kappa shape index (κ3) is 5.89. The first kappa shape index (κ1) is 15.9. The van der Waals surface area contributed by atoms with Gasteiger partial charge in [0.15, 0.2) is 0 Å². The SMILES string of the molecule is C[Si](C)(C)CCOCn1ccc(NCC2CCCS2)n1. The van der Waals surface area contributed by atoms with Crippen LogP contribution >= 0.6 is 11.8 Å². The van der Waals surface area contributed by atoms with E-state index in [0.717, 1.165) is 24.2 Å². The van der Waals surface area contributed by atoms with Crippen LogP contribution in [-0.2, 0) is 11.5 Å². The van der Waals surface area contributed by atoms with E-state index < -0.39 is 8.07 Å². The van der Waals surface area contributed by atoms with Gasteiger partial charge in [-0.1, -0.05) is 19.6 Å². The summed E-state index contributed by atoms with van der Waals surface area (Å²) in [5.74, 6) is 2.28. The van der Waals surface area contributed by atoms with Gasteiger partial charge in [-0.25, -0.2) is 4.68 Å². The molecule has 1 atom stereocenters. The summed E-state index contributed by atoms with van der Waals surface area (Å²) in [6.07, 6.45) is 4.67. The predicted octanol–water partition coefficient (Wildman–Crippen LogP) is 3.50. The molecule has 1 unspecified atom stereocenters. The van der Waals surface area contributed by atoms with E-state index in [0.29, 0.717) is 6.73 Å². The van der Waals surface area contributed by atoms with Crippen molar-refractivity contribution in [3.63, 3.8) is 0 Å². The molecule has 4 nitrogen and oxygen atoms in total. The van der Waals surface area contributed by atoms with Gasteiger partial charge in [-0.2, -0.15) is 16.9 Å². The van der Waals surface area contributed by atoms with E-state index in [4.69, 9.17) is 4.74 Å². The lowest BCUT2D eigenvalue weighted by Crippen LogP contribution is -2.22. The van der Waals surface area contributed by atoms with E-state index in [1.54, 1.807) is 0 Å². The Balaban J connectivity index is 1.64. The maximum atomic E-state index is 5.69. The number of hydrogen-bond acceptors (Lipinski definition) is 4. The van der Waals surface area contributed by atoms with Crippen molar-refractivity contribution in [2.45, 2.75) is 50.5 Å². The predicted molar refractivity (Wildman–Crippen MR) is 90.3 cm³/mol. The van der Waals surface area contributed by atoms with Crippen molar-refractivity contribution in [2.75, 3.05) is 24.2 Å². The minimum atomic E-state index is -0.987. The van der Waals surface area contributed by atoms with Crippen molar-refractivity contribution in [1.29, 1.82) is 0 Å². The summed E-state index contributed by atoms with van der Waals surface area (Å²) in [7, 11) is -0.987. The van der Waals surface area contributed by atoms with Crippen LogP contribution in [0.1, 0.15) is 12.8 Å². The summed E-state index contributed by atoms with van der Waals surface area (Å²) in [6.45, 7) is 9.54. The second kappa shape index (κ2) is 7.52. The van der Waals surface area contributed by atoms with Crippen LogP contribution < -0.4 is 5.32 Å². The lowest BCUT2D eigenvalue weighted by molar-refractivity contribution is 0.0788. The number of anilines is 1. The molecule has 1 aromatic heterocycles. The standard InChI is InChI=1S/C14H27N3OSSi/c1-20(2,3)10-8-18-12-17-7-6-14(16-17)15-11-13-5-4-9-19-13/h6-7,13H,4-5,8-12H2,1-3H3,(H,15,16). The number of nitrogens with one attached hydrogen (secondary N) is 1. The highest BCUT2D eigenvalue weighted by Crippen LogP contribution is 2.26. The first-order valence-corrected chi connectivity index (χ1v) is 12.3. The third-order valence-electron chi connectivity index (χ3n) is 3.40. The first-order valence-electron chi connectivity index (χ1n) is 7.50. The van der Waals surface area contributed by atoms with Gasteiger partial charge in [0, 0.05) is 38.7 Å². The molecule has 0 aliphatic carbocycles. The molecule has 0 radical (unpaired) electrons. The van der Waals surface area contributed by atoms with Crippen molar-refractivity contribution in [2.24, 2.45) is 0 Å². The molecule has 1 aliphatic heterocycles. The summed E-state index contributed by atoms with van der Waals surface area (Å²) in [5, 5.41) is 8.67. The zero-order valence-corrected chi connectivity index (χ0v) is 14.7. The fraction of sp³-hybridized carbons (Fsp3) is 0.786. The summed E-state index contributed by atoms with van der Waals surface area (Å²) < 4.78 is 7.56. The Kier molecular flexibility index (Phi) is 5.98. The molecule has 1 saturated heterocycles. The fourth-order valence-corrected chi connectivity index (χ4v) is 4.05. The summed E-state index contributed by atoms with van der Waals surface area (Å²) in [5.41, 5.74) is 0. The number of thioether (sulfide) groups is 1. The summed E-state index contributed by atoms with van der Waals surface area (Å²) in [6, 6.07) is 3.24. The molecule has 1 fully saturated rings. The Hall–Kier alpha value is -0.463. The van der Waals surface area contributed by atoms with Gasteiger partial charge in [0.25, 0.3) is 0 Å². The molecule has 1 aliphatic rings. The molecule has 6 heteroatoms. The number of aromatic nitrogens is 2. The lowest BCUT2D eigenvalue weighted by Gasteiger charge is -2.15. The Morgan fingerprint density at radius 3 is 3.05 bits per heavy atom. The molecule has 0 amide bonds. The van der Waals surface area contributed by atoms with Crippen LogP contribution in [-0.4, -0.2) is 42.0 Å². The highest BCUT2D eigenvalue weighted by molar-refractivity contribution is 8.00. The quantitative estimate of drug-likeness (QED) is 0.589. The topological polar surface area (TPSA) is 39.1 Å². The van der Waals surface area contributed by atoms with Crippen molar-refractivity contribution >= 4 is 25.7 Å². The molecule has 114 valence electrons. The van der Waals surface area contributed by atoms with Crippen molar-refractivity contribution < 1.29 is 4.74 Å². The molecule has 2 heterocycles. The summed E-state index contributed by atoms with van der Waals surface area (Å²) >= 11 is 2.07. The van der Waals surface area contributed by atoms with E-state index in [1.807, 2.05) is 16.9 Å². The van der Waals surface area contributed by atoms with Gasteiger partial charge in [0.05, 0.1) is 0 Å². The molecule has 1 N–H and O–H groups in total. The zero-order chi connectivity index (χ0) is 14.4. The third-order valence-corrected chi connectivity index (χ3v) is 6.50. The summed E-state index contributed by atoms with van der Waals surface area (Å²) in [4.78, 5) is 0. The van der Waals surface area contributed by atoms with Crippen LogP contribution in [0.25, 0.3) is 0 Å². The average molecular weight is 314 g/mol. The fourth-order valence-electron chi connectivity index (χ4n) is 2.09. The van der Waals surface area contributed by atoms with Crippen molar-refractivity contribution in [1.82, 2.24) is 9.78 Å². The molecule has 0 aromatic carbocycles. The number of rotatable bonds is 8. The lowest BCUT2D eigenvalue weighted by atomic mass is 10.2. The van der Waals surface area contributed by atoms with Gasteiger partial charge in [0.1, 0.15) is 12.5 Å². The van der Waals surface area contributed by atoms with E-state index in [2.05, 4.69) is 41.8 Å². The van der Waals surface area contributed by atoms with Crippen LogP contribution in [0.4, 0.5) is 5.82 Å². The van der Waals surface area contributed by atoms with Crippen LogP contribution in [0.5, 0.6) is 0 Å². The minimum Gasteiger partial charge on any atom is -0.367 e. The highest BCUT2D eigenvalue weighted by atomic mass is 32.2. The smallest absolute Gasteiger partial charge is 0.148 e. The van der Waals surface area contributed by atoms with Gasteiger partial charge < -0.3 is 10.1 Å². The van der Waals surface area contributed by atoms with Gasteiger partial charge in [-0.05, 0) is 24.6 Å². The number of ether oxygens (including phenoxy) is 1. The monoisotopic (exact) mass is 313 g/mol. The zero-order valence-electron chi connectivity index (χ0n) is 12.9. The number of nitrogens with zero attached hydrogens (tertiary/aromatic N) is 2. The second-order valence-corrected chi connectivity index (χ2v) is 13.6. The largest absolute Gasteiger partial charge is 0.367 e. The second-order valence-electron chi connectivity index (χ2n) is 6.60. The van der Waals surface area contributed by atoms with Gasteiger partial charge in [0.2, 0.25) is 0 Å². The van der Waals surface area contributed by atoms with E-state index >= 15 is 0 Å². The number of hydrogen-bond donors (Lipinski definition) is 1. The average Bonchev–Trinajstić information content (AvgIpc) is 3.02. The highest BCUT2D eigenvalue weighted by Gasteiger charge is 2.15. The normalized spacial score (nSPS) is 19.4. The van der Waals surface area contributed by atoms with Gasteiger partial charge >= 0.3 is 0 Å². The molecular formula is C14H27N3OSSi. The van der Waals surface area contributed by atoms with Crippen molar-refractivity contribution in [3.8, 4) is 0 Å². The Bertz CT molecular complexity index is 399. The molecular weight excluding hydrogens is 286 g/mol. The maximum absolute atomic E-state index is 5.69. The Labute approximate surface area is 127 Å². The molecule has 2 rings (SSSR count). The Morgan fingerprint density at radius 2 is 2.35 bits per heavy atom. The first-order chi connectivity index (χ1) is 9.53. The maximum Gasteiger partial charge on any atom is 0.148 e. The van der Waals surface area contributed by atoms with Crippen LogP contribution in [0.2, 0.25) is 25.7 Å². The van der Waals surface area contributed by atoms with E-state index in [9.17, 15) is 0 Å². The van der Waals surface area contributed by atoms with E-state index in [-0.39, 0.29) is 0 Å². The molecule has 1 aromatic rings. The molecule has 0 bridgehead atoms. The van der Waals surface area contributed by atoms with Crippen LogP contribution in [0.15, 0.2) is 12.3 Å². The van der Waals surface area contributed by atoms with Crippen LogP contribution in [0, 0.1) is 0 Å². The van der Waals surface area contributed by atoms with Crippen molar-refractivity contribution in [3.05, 3.63) is 12.3 Å². The van der Waals surface area contributed by atoms with Gasteiger partial charge in [-0.15, -0.1) is 0 Å². The van der Waals surface area contributed by atoms with Crippen LogP contribution in [0.3, 0.4) is 0 Å². The molecule has 20 heavy (non-hydrogen) atoms. The Morgan fingerprint density at radius 1 is 1.50 bits per heavy atom. The molecule has 0 spiro atoms.